The largest absolute Gasteiger partial charge is 0.322 e. The van der Waals surface area contributed by atoms with Crippen LogP contribution in [0.25, 0.3) is 0 Å². The second-order valence-corrected chi connectivity index (χ2v) is 8.85. The van der Waals surface area contributed by atoms with E-state index in [2.05, 4.69) is 10.0 Å². The van der Waals surface area contributed by atoms with E-state index in [1.54, 1.807) is 0 Å². The lowest BCUT2D eigenvalue weighted by molar-refractivity contribution is -0.384. The highest BCUT2D eigenvalue weighted by Crippen LogP contribution is 2.26. The zero-order chi connectivity index (χ0) is 22.8. The summed E-state index contributed by atoms with van der Waals surface area (Å²) in [5.41, 5.74) is 3.51. The highest BCUT2D eigenvalue weighted by Gasteiger charge is 2.17. The van der Waals surface area contributed by atoms with Crippen LogP contribution in [0.15, 0.2) is 65.6 Å². The number of sulfonamides is 1. The van der Waals surface area contributed by atoms with E-state index in [9.17, 15) is 23.3 Å². The van der Waals surface area contributed by atoms with E-state index >= 15 is 0 Å². The first kappa shape index (κ1) is 22.0. The van der Waals surface area contributed by atoms with Gasteiger partial charge in [-0.15, -0.1) is 0 Å². The molecular weight excluding hydrogens is 418 g/mol. The number of aryl methyl sites for hydroxylation is 3. The molecule has 3 rings (SSSR count). The summed E-state index contributed by atoms with van der Waals surface area (Å²) < 4.78 is 28.2. The van der Waals surface area contributed by atoms with Gasteiger partial charge in [-0.1, -0.05) is 23.8 Å². The fourth-order valence-electron chi connectivity index (χ4n) is 3.22. The summed E-state index contributed by atoms with van der Waals surface area (Å²) in [6.07, 6.45) is 0. The van der Waals surface area contributed by atoms with E-state index in [-0.39, 0.29) is 16.1 Å². The average molecular weight is 439 g/mol. The lowest BCUT2D eigenvalue weighted by Crippen LogP contribution is -2.15. The fourth-order valence-corrected chi connectivity index (χ4v) is 4.42. The summed E-state index contributed by atoms with van der Waals surface area (Å²) in [5.74, 6) is -0.539. The minimum Gasteiger partial charge on any atom is -0.322 e. The summed E-state index contributed by atoms with van der Waals surface area (Å²) in [6.45, 7) is 5.62. The zero-order valence-electron chi connectivity index (χ0n) is 17.2. The quantitative estimate of drug-likeness (QED) is 0.431. The first-order valence-electron chi connectivity index (χ1n) is 9.33. The number of rotatable bonds is 6. The lowest BCUT2D eigenvalue weighted by Gasteiger charge is -2.14. The van der Waals surface area contributed by atoms with Gasteiger partial charge < -0.3 is 5.32 Å². The molecule has 0 saturated heterocycles. The Morgan fingerprint density at radius 1 is 0.935 bits per heavy atom. The van der Waals surface area contributed by atoms with Gasteiger partial charge in [0.25, 0.3) is 21.6 Å². The Hall–Kier alpha value is -3.72. The Morgan fingerprint density at radius 3 is 2.13 bits per heavy atom. The summed E-state index contributed by atoms with van der Waals surface area (Å²) in [7, 11) is -3.82. The molecule has 3 aromatic rings. The molecule has 0 aliphatic rings. The van der Waals surface area contributed by atoms with Crippen molar-refractivity contribution in [2.45, 2.75) is 25.7 Å². The number of nitrogens with zero attached hydrogens (tertiary/aromatic N) is 1. The molecule has 2 N–H and O–H groups in total. The molecule has 31 heavy (non-hydrogen) atoms. The second kappa shape index (κ2) is 8.57. The van der Waals surface area contributed by atoms with Crippen LogP contribution >= 0.6 is 0 Å². The molecular formula is C22H21N3O5S. The fraction of sp³-hybridized carbons (Fsp3) is 0.136. The monoisotopic (exact) mass is 439 g/mol. The number of amides is 1. The number of carbonyl (C=O) groups is 1. The highest BCUT2D eigenvalue weighted by molar-refractivity contribution is 7.92. The summed E-state index contributed by atoms with van der Waals surface area (Å²) in [5, 5.41) is 13.5. The smallest absolute Gasteiger partial charge is 0.270 e. The maximum Gasteiger partial charge on any atom is 0.270 e. The van der Waals surface area contributed by atoms with Gasteiger partial charge in [-0.25, -0.2) is 8.42 Å². The molecule has 0 heterocycles. The van der Waals surface area contributed by atoms with Crippen molar-refractivity contribution in [1.29, 1.82) is 0 Å². The Kier molecular flexibility index (Phi) is 6.07. The first-order valence-corrected chi connectivity index (χ1v) is 10.8. The predicted octanol–water partition coefficient (Wildman–Crippen LogP) is 4.57. The van der Waals surface area contributed by atoms with Gasteiger partial charge in [0.2, 0.25) is 0 Å². The molecule has 0 aliphatic carbocycles. The maximum absolute atomic E-state index is 12.8. The second-order valence-electron chi connectivity index (χ2n) is 7.17. The molecule has 0 atom stereocenters. The van der Waals surface area contributed by atoms with E-state index in [0.29, 0.717) is 11.4 Å². The molecule has 0 spiro atoms. The van der Waals surface area contributed by atoms with Crippen LogP contribution in [0, 0.1) is 30.9 Å². The normalized spacial score (nSPS) is 11.1. The topological polar surface area (TPSA) is 118 Å². The van der Waals surface area contributed by atoms with Crippen molar-refractivity contribution < 1.29 is 18.1 Å². The highest BCUT2D eigenvalue weighted by atomic mass is 32.2. The van der Waals surface area contributed by atoms with Crippen molar-refractivity contribution >= 4 is 33.0 Å². The molecule has 0 aliphatic heterocycles. The van der Waals surface area contributed by atoms with E-state index < -0.39 is 20.9 Å². The third-order valence-corrected chi connectivity index (χ3v) is 6.02. The SMILES string of the molecule is Cc1cc(C)c(NS(=O)(=O)c2ccc(NC(=O)c3cccc([N+](=O)[O-])c3)cc2)c(C)c1. The lowest BCUT2D eigenvalue weighted by atomic mass is 10.1. The van der Waals surface area contributed by atoms with Crippen molar-refractivity contribution in [3.63, 3.8) is 0 Å². The van der Waals surface area contributed by atoms with Crippen LogP contribution in [0.2, 0.25) is 0 Å². The van der Waals surface area contributed by atoms with Crippen molar-refractivity contribution in [2.24, 2.45) is 0 Å². The number of hydrogen-bond donors (Lipinski definition) is 2. The summed E-state index contributed by atoms with van der Waals surface area (Å²) in [4.78, 5) is 22.7. The van der Waals surface area contributed by atoms with Gasteiger partial charge >= 0.3 is 0 Å². The average Bonchev–Trinajstić information content (AvgIpc) is 2.71. The van der Waals surface area contributed by atoms with E-state index in [4.69, 9.17) is 0 Å². The Bertz CT molecular complexity index is 1250. The Balaban J connectivity index is 1.77. The number of carbonyl (C=O) groups excluding carboxylic acids is 1. The number of benzene rings is 3. The number of nitrogens with one attached hydrogen (secondary N) is 2. The molecule has 8 nitrogen and oxygen atoms in total. The number of anilines is 2. The van der Waals surface area contributed by atoms with Gasteiger partial charge in [-0.2, -0.15) is 0 Å². The van der Waals surface area contributed by atoms with Crippen molar-refractivity contribution in [2.75, 3.05) is 10.0 Å². The molecule has 1 amide bonds. The van der Waals surface area contributed by atoms with E-state index in [0.717, 1.165) is 16.7 Å². The molecule has 3 aromatic carbocycles. The minimum absolute atomic E-state index is 0.0419. The van der Waals surface area contributed by atoms with Crippen LogP contribution in [0.1, 0.15) is 27.0 Å². The van der Waals surface area contributed by atoms with Crippen LogP contribution in [0.3, 0.4) is 0 Å². The third kappa shape index (κ3) is 5.07. The molecule has 0 unspecified atom stereocenters. The Morgan fingerprint density at radius 2 is 1.55 bits per heavy atom. The van der Waals surface area contributed by atoms with Crippen LogP contribution in [-0.2, 0) is 10.0 Å². The van der Waals surface area contributed by atoms with Gasteiger partial charge in [0.1, 0.15) is 0 Å². The van der Waals surface area contributed by atoms with Gasteiger partial charge in [0.15, 0.2) is 0 Å². The number of non-ortho nitro benzene ring substituents is 1. The minimum atomic E-state index is -3.82. The summed E-state index contributed by atoms with van der Waals surface area (Å²) in [6, 6.07) is 14.8. The molecule has 0 bridgehead atoms. The molecule has 0 aromatic heterocycles. The van der Waals surface area contributed by atoms with Crippen LogP contribution in [0.4, 0.5) is 17.1 Å². The molecule has 0 saturated carbocycles. The van der Waals surface area contributed by atoms with Gasteiger partial charge in [0.05, 0.1) is 15.5 Å². The predicted molar refractivity (Wildman–Crippen MR) is 119 cm³/mol. The van der Waals surface area contributed by atoms with Crippen LogP contribution in [0.5, 0.6) is 0 Å². The number of nitro groups is 1. The van der Waals surface area contributed by atoms with Gasteiger partial charge in [0, 0.05) is 23.4 Å². The van der Waals surface area contributed by atoms with Gasteiger partial charge in [-0.05, 0) is 62.2 Å². The standard InChI is InChI=1S/C22H21N3O5S/c1-14-11-15(2)21(16(3)12-14)24-31(29,30)20-9-7-18(8-10-20)23-22(26)17-5-4-6-19(13-17)25(27)28/h4-13,24H,1-3H3,(H,23,26). The third-order valence-electron chi connectivity index (χ3n) is 4.66. The molecule has 0 radical (unpaired) electrons. The van der Waals surface area contributed by atoms with Crippen molar-refractivity contribution in [3.05, 3.63) is 93.0 Å². The van der Waals surface area contributed by atoms with E-state index in [1.807, 2.05) is 32.9 Å². The Labute approximate surface area is 180 Å². The maximum atomic E-state index is 12.8. The van der Waals surface area contributed by atoms with Crippen molar-refractivity contribution in [3.8, 4) is 0 Å². The molecule has 160 valence electrons. The van der Waals surface area contributed by atoms with Crippen LogP contribution < -0.4 is 10.0 Å². The number of hydrogen-bond acceptors (Lipinski definition) is 5. The summed E-state index contributed by atoms with van der Waals surface area (Å²) >= 11 is 0. The van der Waals surface area contributed by atoms with Crippen molar-refractivity contribution in [1.82, 2.24) is 0 Å². The first-order chi connectivity index (χ1) is 14.6. The number of nitro benzene ring substituents is 1. The van der Waals surface area contributed by atoms with E-state index in [1.165, 1.54) is 48.5 Å². The van der Waals surface area contributed by atoms with Crippen LogP contribution in [-0.4, -0.2) is 19.2 Å². The molecule has 0 fully saturated rings. The van der Waals surface area contributed by atoms with Gasteiger partial charge in [-0.3, -0.25) is 19.6 Å². The molecule has 9 heteroatoms. The zero-order valence-corrected chi connectivity index (χ0v) is 18.0.